The van der Waals surface area contributed by atoms with E-state index < -0.39 is 9.84 Å². The summed E-state index contributed by atoms with van der Waals surface area (Å²) in [6.45, 7) is 1.10. The number of nitrogens with one attached hydrogen (secondary N) is 1. The van der Waals surface area contributed by atoms with Crippen molar-refractivity contribution in [3.05, 3.63) is 0 Å². The molecule has 1 saturated carbocycles. The molecule has 5 heteroatoms. The molecule has 0 aromatic rings. The lowest BCUT2D eigenvalue weighted by atomic mass is 10.1. The molecule has 0 aromatic carbocycles. The summed E-state index contributed by atoms with van der Waals surface area (Å²) in [5.41, 5.74) is 0.121. The minimum Gasteiger partial charge on any atom is -0.396 e. The Labute approximate surface area is 91.0 Å². The van der Waals surface area contributed by atoms with Crippen LogP contribution in [-0.2, 0) is 9.84 Å². The predicted molar refractivity (Wildman–Crippen MR) is 58.4 cm³/mol. The highest BCUT2D eigenvalue weighted by Gasteiger charge is 2.42. The summed E-state index contributed by atoms with van der Waals surface area (Å²) in [7, 11) is -2.75. The fraction of sp³-hybridized carbons (Fsp3) is 1.00. The number of rotatable bonds is 4. The zero-order valence-electron chi connectivity index (χ0n) is 8.91. The highest BCUT2D eigenvalue weighted by atomic mass is 32.2. The van der Waals surface area contributed by atoms with Gasteiger partial charge in [-0.1, -0.05) is 0 Å². The Balaban J connectivity index is 1.73. The third-order valence-corrected chi connectivity index (χ3v) is 5.33. The molecular weight excluding hydrogens is 214 g/mol. The Morgan fingerprint density at radius 3 is 2.33 bits per heavy atom. The van der Waals surface area contributed by atoms with E-state index in [4.69, 9.17) is 5.11 Å². The van der Waals surface area contributed by atoms with Crippen LogP contribution in [0.15, 0.2) is 0 Å². The molecule has 2 N–H and O–H groups in total. The molecule has 1 saturated heterocycles. The molecule has 2 rings (SSSR count). The Hall–Kier alpha value is -0.130. The van der Waals surface area contributed by atoms with E-state index in [2.05, 4.69) is 5.32 Å². The van der Waals surface area contributed by atoms with Crippen molar-refractivity contribution in [2.24, 2.45) is 5.41 Å². The summed E-state index contributed by atoms with van der Waals surface area (Å²) in [4.78, 5) is 0. The number of sulfone groups is 1. The van der Waals surface area contributed by atoms with Gasteiger partial charge in [-0.3, -0.25) is 0 Å². The first-order valence-corrected chi connectivity index (χ1v) is 7.42. The largest absolute Gasteiger partial charge is 0.396 e. The van der Waals surface area contributed by atoms with Crippen LogP contribution in [0.25, 0.3) is 0 Å². The van der Waals surface area contributed by atoms with E-state index >= 15 is 0 Å². The fourth-order valence-electron chi connectivity index (χ4n) is 2.02. The molecule has 2 aliphatic rings. The van der Waals surface area contributed by atoms with Gasteiger partial charge in [0.05, 0.1) is 11.5 Å². The van der Waals surface area contributed by atoms with Gasteiger partial charge < -0.3 is 10.4 Å². The molecule has 1 aliphatic carbocycles. The number of hydrogen-bond acceptors (Lipinski definition) is 4. The summed E-state index contributed by atoms with van der Waals surface area (Å²) in [5.74, 6) is 0.633. The Morgan fingerprint density at radius 2 is 1.87 bits per heavy atom. The van der Waals surface area contributed by atoms with Crippen molar-refractivity contribution >= 4 is 9.84 Å². The van der Waals surface area contributed by atoms with Crippen molar-refractivity contribution in [1.82, 2.24) is 5.32 Å². The van der Waals surface area contributed by atoms with Gasteiger partial charge in [0.25, 0.3) is 0 Å². The first kappa shape index (κ1) is 11.4. The van der Waals surface area contributed by atoms with E-state index in [1.54, 1.807) is 0 Å². The molecule has 0 spiro atoms. The van der Waals surface area contributed by atoms with E-state index in [1.807, 2.05) is 0 Å². The summed E-state index contributed by atoms with van der Waals surface area (Å²) < 4.78 is 22.4. The van der Waals surface area contributed by atoms with Gasteiger partial charge in [0.2, 0.25) is 0 Å². The van der Waals surface area contributed by atoms with Crippen LogP contribution in [0.1, 0.15) is 25.7 Å². The van der Waals surface area contributed by atoms with Gasteiger partial charge in [0.15, 0.2) is 0 Å². The lowest BCUT2D eigenvalue weighted by Crippen LogP contribution is -2.40. The normalized spacial score (nSPS) is 28.9. The molecular formula is C10H19NO3S. The van der Waals surface area contributed by atoms with Crippen molar-refractivity contribution in [3.8, 4) is 0 Å². The Bertz CT molecular complexity index is 308. The number of hydrogen-bond donors (Lipinski definition) is 2. The quantitative estimate of drug-likeness (QED) is 0.713. The molecule has 0 amide bonds. The van der Waals surface area contributed by atoms with Crippen molar-refractivity contribution in [2.45, 2.75) is 31.7 Å². The van der Waals surface area contributed by atoms with Gasteiger partial charge in [-0.15, -0.1) is 0 Å². The minimum absolute atomic E-state index is 0.121. The van der Waals surface area contributed by atoms with E-state index in [0.717, 1.165) is 32.2 Å². The lowest BCUT2D eigenvalue weighted by Gasteiger charge is -2.25. The van der Waals surface area contributed by atoms with E-state index in [1.165, 1.54) is 0 Å². The average molecular weight is 233 g/mol. The van der Waals surface area contributed by atoms with Crippen molar-refractivity contribution in [1.29, 1.82) is 0 Å². The average Bonchev–Trinajstić information content (AvgIpc) is 2.97. The Kier molecular flexibility index (Phi) is 3.05. The van der Waals surface area contributed by atoms with Gasteiger partial charge in [0, 0.05) is 24.6 Å². The zero-order valence-corrected chi connectivity index (χ0v) is 9.72. The molecule has 0 unspecified atom stereocenters. The lowest BCUT2D eigenvalue weighted by molar-refractivity contribution is 0.202. The topological polar surface area (TPSA) is 66.4 Å². The van der Waals surface area contributed by atoms with Crippen LogP contribution in [0, 0.1) is 5.41 Å². The van der Waals surface area contributed by atoms with Crippen LogP contribution in [0.2, 0.25) is 0 Å². The molecule has 0 atom stereocenters. The number of aliphatic hydroxyl groups is 1. The molecule has 0 bridgehead atoms. The van der Waals surface area contributed by atoms with Crippen LogP contribution in [0.4, 0.5) is 0 Å². The van der Waals surface area contributed by atoms with Gasteiger partial charge in [-0.2, -0.15) is 0 Å². The minimum atomic E-state index is -2.75. The molecule has 15 heavy (non-hydrogen) atoms. The molecule has 1 heterocycles. The first-order chi connectivity index (χ1) is 7.05. The summed E-state index contributed by atoms with van der Waals surface area (Å²) >= 11 is 0. The molecule has 0 aromatic heterocycles. The van der Waals surface area contributed by atoms with Gasteiger partial charge in [-0.05, 0) is 25.7 Å². The highest BCUT2D eigenvalue weighted by molar-refractivity contribution is 7.91. The monoisotopic (exact) mass is 233 g/mol. The predicted octanol–water partition coefficient (Wildman–Crippen LogP) is -0.0743. The van der Waals surface area contributed by atoms with E-state index in [9.17, 15) is 8.42 Å². The highest BCUT2D eigenvalue weighted by Crippen LogP contribution is 2.44. The SMILES string of the molecule is O=S1(=O)CCC(NCC2(CO)CC2)CC1. The first-order valence-electron chi connectivity index (χ1n) is 5.60. The third kappa shape index (κ3) is 2.92. The van der Waals surface area contributed by atoms with Crippen LogP contribution in [-0.4, -0.2) is 44.2 Å². The summed E-state index contributed by atoms with van der Waals surface area (Å²) in [6, 6.07) is 0.331. The van der Waals surface area contributed by atoms with Crippen molar-refractivity contribution in [2.75, 3.05) is 24.7 Å². The van der Waals surface area contributed by atoms with Crippen molar-refractivity contribution in [3.63, 3.8) is 0 Å². The third-order valence-electron chi connectivity index (χ3n) is 3.61. The second-order valence-corrected chi connectivity index (χ2v) is 7.27. The van der Waals surface area contributed by atoms with Crippen LogP contribution in [0.5, 0.6) is 0 Å². The molecule has 4 nitrogen and oxygen atoms in total. The Morgan fingerprint density at radius 1 is 1.27 bits per heavy atom. The van der Waals surface area contributed by atoms with Gasteiger partial charge in [-0.25, -0.2) is 8.42 Å². The zero-order chi connectivity index (χ0) is 10.9. The van der Waals surface area contributed by atoms with Crippen LogP contribution in [0.3, 0.4) is 0 Å². The second-order valence-electron chi connectivity index (χ2n) is 4.97. The second kappa shape index (κ2) is 4.03. The number of aliphatic hydroxyl groups excluding tert-OH is 1. The maximum absolute atomic E-state index is 11.2. The molecule has 88 valence electrons. The van der Waals surface area contributed by atoms with Gasteiger partial charge in [0.1, 0.15) is 9.84 Å². The maximum atomic E-state index is 11.2. The standard InChI is InChI=1S/C10H19NO3S/c12-8-10(3-4-10)7-11-9-1-5-15(13,14)6-2-9/h9,11-12H,1-8H2. The van der Waals surface area contributed by atoms with Crippen molar-refractivity contribution < 1.29 is 13.5 Å². The smallest absolute Gasteiger partial charge is 0.150 e. The summed E-state index contributed by atoms with van der Waals surface area (Å²) in [6.07, 6.45) is 3.65. The van der Waals surface area contributed by atoms with Crippen LogP contribution < -0.4 is 5.32 Å². The molecule has 2 fully saturated rings. The van der Waals surface area contributed by atoms with Gasteiger partial charge >= 0.3 is 0 Å². The van der Waals surface area contributed by atoms with E-state index in [-0.39, 0.29) is 12.0 Å². The fourth-order valence-corrected chi connectivity index (χ4v) is 3.51. The maximum Gasteiger partial charge on any atom is 0.150 e. The molecule has 0 radical (unpaired) electrons. The van der Waals surface area contributed by atoms with E-state index in [0.29, 0.717) is 17.5 Å². The summed E-state index contributed by atoms with van der Waals surface area (Å²) in [5, 5.41) is 12.5. The molecule has 1 aliphatic heterocycles. The van der Waals surface area contributed by atoms with Crippen LogP contribution >= 0.6 is 0 Å².